The minimum Gasteiger partial charge on any atom is -0.494 e. The Bertz CT molecular complexity index is 2750. The SMILES string of the molecule is CC(C)(C)[Si](C)(C)O[C@@H](CNCCCCCOc1ccc(C(=O)Nc2cccc(C(O)(C(=O)O[C@H]3CN4CCC3CC4)c3ccccc3)c2)cc1)c1ccc(OCc2ccccc2)c2[nH]c(=O)ccc12. The molecule has 9 rings (SSSR count). The third-order valence-corrected chi connectivity index (χ3v) is 18.8. The molecule has 3 atom stereocenters. The summed E-state index contributed by atoms with van der Waals surface area (Å²) in [6, 6.07) is 40.0. The molecule has 0 aliphatic carbocycles. The van der Waals surface area contributed by atoms with Gasteiger partial charge in [-0.1, -0.05) is 99.6 Å². The standard InChI is InChI=1S/C57H68N4O8Si/c1-56(2,3)70(4,5)69-50(47-26-28-49(53-48(47)27-29-52(62)60-53)67-39-40-16-9-6-10-17-40)37-58-32-13-8-14-35-66-46-24-22-42(23-25-46)54(63)59-45-21-15-20-44(36-45)57(65,43-18-11-7-12-19-43)55(64)68-51-38-61-33-30-41(51)31-34-61/h6-7,9-12,15-29,36,41,50-51,58,65H,8,13-14,30-35,37-39H2,1-5H3,(H,59,63)(H,60,62)/t50-,51-,57?/m0/s1. The summed E-state index contributed by atoms with van der Waals surface area (Å²) < 4.78 is 25.5. The number of hydrogen-bond acceptors (Lipinski definition) is 10. The predicted octanol–water partition coefficient (Wildman–Crippen LogP) is 10.1. The highest BCUT2D eigenvalue weighted by atomic mass is 28.4. The van der Waals surface area contributed by atoms with Crippen LogP contribution in [0.3, 0.4) is 0 Å². The topological polar surface area (TPSA) is 151 Å². The number of carbonyl (C=O) groups is 2. The molecule has 3 fully saturated rings. The van der Waals surface area contributed by atoms with Gasteiger partial charge in [-0.05, 0) is 141 Å². The molecule has 6 aromatic rings. The van der Waals surface area contributed by atoms with E-state index in [1.54, 1.807) is 78.9 Å². The average molecular weight is 965 g/mol. The van der Waals surface area contributed by atoms with Crippen LogP contribution in [-0.2, 0) is 26.2 Å². The van der Waals surface area contributed by atoms with E-state index in [2.05, 4.69) is 60.4 Å². The van der Waals surface area contributed by atoms with E-state index in [1.165, 1.54) is 0 Å². The van der Waals surface area contributed by atoms with Crippen molar-refractivity contribution >= 4 is 36.8 Å². The Morgan fingerprint density at radius 3 is 2.23 bits per heavy atom. The summed E-state index contributed by atoms with van der Waals surface area (Å²) in [5.74, 6) is 0.519. The molecule has 2 bridgehead atoms. The number of unbranched alkanes of at least 4 members (excludes halogenated alkanes) is 2. The molecule has 1 aromatic heterocycles. The van der Waals surface area contributed by atoms with Crippen LogP contribution in [0.15, 0.2) is 138 Å². The zero-order valence-corrected chi connectivity index (χ0v) is 42.2. The Balaban J connectivity index is 0.824. The van der Waals surface area contributed by atoms with E-state index in [9.17, 15) is 19.5 Å². The lowest BCUT2D eigenvalue weighted by Gasteiger charge is -2.44. The first-order valence-corrected chi connectivity index (χ1v) is 27.7. The fraction of sp³-hybridized carbons (Fsp3) is 0.386. The predicted molar refractivity (Wildman–Crippen MR) is 278 cm³/mol. The number of carbonyl (C=O) groups excluding carboxylic acids is 2. The molecule has 3 aliphatic rings. The summed E-state index contributed by atoms with van der Waals surface area (Å²) in [4.78, 5) is 45.4. The Morgan fingerprint density at radius 1 is 0.814 bits per heavy atom. The normalized spacial score (nSPS) is 18.2. The lowest BCUT2D eigenvalue weighted by Crippen LogP contribution is -2.53. The molecular weight excluding hydrogens is 897 g/mol. The highest BCUT2D eigenvalue weighted by molar-refractivity contribution is 6.74. The van der Waals surface area contributed by atoms with E-state index in [0.717, 1.165) is 68.3 Å². The highest BCUT2D eigenvalue weighted by Crippen LogP contribution is 2.42. The van der Waals surface area contributed by atoms with E-state index in [-0.39, 0.29) is 34.6 Å². The molecule has 1 amide bonds. The minimum absolute atomic E-state index is 0.00202. The van der Waals surface area contributed by atoms with Crippen molar-refractivity contribution in [3.63, 3.8) is 0 Å². The first-order chi connectivity index (χ1) is 33.7. The van der Waals surface area contributed by atoms with Crippen LogP contribution in [0.25, 0.3) is 10.9 Å². The molecule has 1 unspecified atom stereocenters. The van der Waals surface area contributed by atoms with Gasteiger partial charge in [-0.25, -0.2) is 4.79 Å². The summed E-state index contributed by atoms with van der Waals surface area (Å²) in [6.45, 7) is 16.3. The molecule has 4 heterocycles. The minimum atomic E-state index is -2.20. The Morgan fingerprint density at radius 2 is 1.53 bits per heavy atom. The average Bonchev–Trinajstić information content (AvgIpc) is 3.36. The molecule has 13 heteroatoms. The number of fused-ring (bicyclic) bond motifs is 4. The number of pyridine rings is 1. The van der Waals surface area contributed by atoms with Gasteiger partial charge in [0, 0.05) is 41.4 Å². The van der Waals surface area contributed by atoms with Gasteiger partial charge in [0.05, 0.1) is 18.2 Å². The monoisotopic (exact) mass is 964 g/mol. The number of esters is 1. The maximum Gasteiger partial charge on any atom is 0.348 e. The van der Waals surface area contributed by atoms with Crippen LogP contribution < -0.4 is 25.7 Å². The van der Waals surface area contributed by atoms with Gasteiger partial charge in [0.2, 0.25) is 11.2 Å². The van der Waals surface area contributed by atoms with E-state index in [0.29, 0.717) is 65.7 Å². The largest absolute Gasteiger partial charge is 0.494 e. The maximum absolute atomic E-state index is 14.0. The second kappa shape index (κ2) is 22.3. The van der Waals surface area contributed by atoms with Gasteiger partial charge in [0.1, 0.15) is 24.2 Å². The number of aromatic amines is 1. The quantitative estimate of drug-likeness (QED) is 0.0312. The number of aliphatic hydroxyl groups is 1. The van der Waals surface area contributed by atoms with E-state index in [1.807, 2.05) is 48.5 Å². The number of nitrogens with zero attached hydrogens (tertiary/aromatic N) is 1. The number of amides is 1. The van der Waals surface area contributed by atoms with Crippen molar-refractivity contribution in [2.24, 2.45) is 5.92 Å². The van der Waals surface area contributed by atoms with Crippen LogP contribution in [0.5, 0.6) is 11.5 Å². The highest BCUT2D eigenvalue weighted by Gasteiger charge is 2.46. The molecule has 3 saturated heterocycles. The molecule has 12 nitrogen and oxygen atoms in total. The first kappa shape index (κ1) is 50.3. The van der Waals surface area contributed by atoms with Gasteiger partial charge < -0.3 is 39.4 Å². The number of rotatable bonds is 21. The van der Waals surface area contributed by atoms with E-state index in [4.69, 9.17) is 18.6 Å². The van der Waals surface area contributed by atoms with Gasteiger partial charge in [-0.2, -0.15) is 0 Å². The molecule has 0 saturated carbocycles. The number of aromatic nitrogens is 1. The fourth-order valence-electron chi connectivity index (χ4n) is 9.16. The fourth-order valence-corrected chi connectivity index (χ4v) is 10.4. The molecule has 0 spiro atoms. The lowest BCUT2D eigenvalue weighted by molar-refractivity contribution is -0.177. The van der Waals surface area contributed by atoms with E-state index < -0.39 is 19.9 Å². The smallest absolute Gasteiger partial charge is 0.348 e. The van der Waals surface area contributed by atoms with Crippen molar-refractivity contribution in [1.29, 1.82) is 0 Å². The van der Waals surface area contributed by atoms with Crippen LogP contribution in [0, 0.1) is 5.92 Å². The summed E-state index contributed by atoms with van der Waals surface area (Å²) in [5, 5.41) is 19.7. The van der Waals surface area contributed by atoms with Crippen molar-refractivity contribution in [1.82, 2.24) is 15.2 Å². The van der Waals surface area contributed by atoms with Crippen molar-refractivity contribution in [3.8, 4) is 11.5 Å². The van der Waals surface area contributed by atoms with Crippen LogP contribution in [-0.4, -0.2) is 80.6 Å². The third kappa shape index (κ3) is 12.1. The first-order valence-electron chi connectivity index (χ1n) is 24.8. The number of piperidine rings is 3. The zero-order valence-electron chi connectivity index (χ0n) is 41.2. The lowest BCUT2D eigenvalue weighted by atomic mass is 9.84. The number of hydrogen-bond donors (Lipinski definition) is 4. The summed E-state index contributed by atoms with van der Waals surface area (Å²) in [6.07, 6.45) is 4.18. The number of nitrogens with one attached hydrogen (secondary N) is 3. The van der Waals surface area contributed by atoms with Crippen LogP contribution >= 0.6 is 0 Å². The van der Waals surface area contributed by atoms with Crippen molar-refractivity contribution in [2.45, 2.75) is 95.4 Å². The Hall–Kier alpha value is -6.09. The van der Waals surface area contributed by atoms with Crippen LogP contribution in [0.4, 0.5) is 5.69 Å². The molecule has 5 aromatic carbocycles. The Kier molecular flexibility index (Phi) is 16.0. The molecule has 70 heavy (non-hydrogen) atoms. The number of ether oxygens (including phenoxy) is 3. The van der Waals surface area contributed by atoms with Crippen LogP contribution in [0.2, 0.25) is 18.1 Å². The summed E-state index contributed by atoms with van der Waals surface area (Å²) in [5.41, 5.74) is 2.03. The molecule has 3 aliphatic heterocycles. The van der Waals surface area contributed by atoms with Gasteiger partial charge >= 0.3 is 5.97 Å². The number of H-pyrrole nitrogens is 1. The van der Waals surface area contributed by atoms with Crippen molar-refractivity contribution in [3.05, 3.63) is 172 Å². The summed E-state index contributed by atoms with van der Waals surface area (Å²) >= 11 is 0. The van der Waals surface area contributed by atoms with Gasteiger partial charge in [0.15, 0.2) is 8.32 Å². The van der Waals surface area contributed by atoms with Gasteiger partial charge in [-0.15, -0.1) is 0 Å². The van der Waals surface area contributed by atoms with Crippen LogP contribution in [0.1, 0.15) is 91.6 Å². The molecule has 4 N–H and O–H groups in total. The molecule has 368 valence electrons. The van der Waals surface area contributed by atoms with E-state index >= 15 is 0 Å². The van der Waals surface area contributed by atoms with Gasteiger partial charge in [0.25, 0.3) is 5.91 Å². The Labute approximate surface area is 412 Å². The number of anilines is 1. The maximum atomic E-state index is 14.0. The zero-order chi connectivity index (χ0) is 49.3. The molecular formula is C57H68N4O8Si. The molecule has 0 radical (unpaired) electrons. The van der Waals surface area contributed by atoms with Crippen molar-refractivity contribution < 1.29 is 33.3 Å². The van der Waals surface area contributed by atoms with Gasteiger partial charge in [-0.3, -0.25) is 14.5 Å². The summed E-state index contributed by atoms with van der Waals surface area (Å²) in [7, 11) is -2.20. The second-order valence-corrected chi connectivity index (χ2v) is 25.0. The third-order valence-electron chi connectivity index (χ3n) is 14.3. The second-order valence-electron chi connectivity index (χ2n) is 20.2. The number of benzene rings is 5. The van der Waals surface area contributed by atoms with Crippen molar-refractivity contribution in [2.75, 3.05) is 44.6 Å².